The number of halogens is 2. The van der Waals surface area contributed by atoms with Gasteiger partial charge >= 0.3 is 0 Å². The van der Waals surface area contributed by atoms with E-state index in [9.17, 15) is 0 Å². The molecule has 19 heavy (non-hydrogen) atoms. The lowest BCUT2D eigenvalue weighted by molar-refractivity contribution is 0.0426. The van der Waals surface area contributed by atoms with E-state index in [1.54, 1.807) is 6.08 Å². The molecule has 0 aromatic heterocycles. The molecule has 0 saturated carbocycles. The van der Waals surface area contributed by atoms with Crippen LogP contribution in [0.25, 0.3) is 0 Å². The van der Waals surface area contributed by atoms with Crippen LogP contribution in [0.4, 0.5) is 0 Å². The maximum atomic E-state index is 6.06. The molecule has 0 bridgehead atoms. The number of rotatable bonds is 6. The van der Waals surface area contributed by atoms with E-state index in [0.717, 1.165) is 25.7 Å². The van der Waals surface area contributed by atoms with Crippen LogP contribution >= 0.6 is 31.9 Å². The van der Waals surface area contributed by atoms with Gasteiger partial charge in [-0.25, -0.2) is 0 Å². The van der Waals surface area contributed by atoms with Gasteiger partial charge in [-0.1, -0.05) is 50.8 Å². The second-order valence-electron chi connectivity index (χ2n) is 5.14. The molecule has 2 aliphatic rings. The van der Waals surface area contributed by atoms with Crippen molar-refractivity contribution in [3.8, 4) is 12.3 Å². The van der Waals surface area contributed by atoms with Crippen molar-refractivity contribution in [1.82, 2.24) is 0 Å². The van der Waals surface area contributed by atoms with E-state index in [1.165, 1.54) is 0 Å². The summed E-state index contributed by atoms with van der Waals surface area (Å²) in [5.41, 5.74) is 0. The lowest BCUT2D eigenvalue weighted by Gasteiger charge is -2.17. The summed E-state index contributed by atoms with van der Waals surface area (Å²) in [6, 6.07) is 0. The molecule has 2 nitrogen and oxygen atoms in total. The van der Waals surface area contributed by atoms with Crippen molar-refractivity contribution in [1.29, 1.82) is 0 Å². The second kappa shape index (κ2) is 7.26. The monoisotopic (exact) mass is 390 g/mol. The highest BCUT2D eigenvalue weighted by Gasteiger charge is 2.43. The van der Waals surface area contributed by atoms with Crippen LogP contribution in [0.2, 0.25) is 0 Å². The Bertz CT molecular complexity index is 364. The molecule has 2 aliphatic heterocycles. The molecule has 2 heterocycles. The van der Waals surface area contributed by atoms with Gasteiger partial charge in [0.05, 0.1) is 24.4 Å². The normalized spacial score (nSPS) is 39.4. The SMILES string of the molecule is C#CC=CCC1OC1CC(Br)C1CC(Br)C(CC)O1. The van der Waals surface area contributed by atoms with Crippen molar-refractivity contribution >= 4 is 31.9 Å². The van der Waals surface area contributed by atoms with E-state index < -0.39 is 0 Å². The quantitative estimate of drug-likeness (QED) is 0.390. The molecule has 2 rings (SSSR count). The maximum absolute atomic E-state index is 6.06. The van der Waals surface area contributed by atoms with Gasteiger partial charge in [0.1, 0.15) is 0 Å². The van der Waals surface area contributed by atoms with Crippen LogP contribution in [0.1, 0.15) is 32.6 Å². The van der Waals surface area contributed by atoms with Crippen molar-refractivity contribution in [2.45, 2.75) is 66.7 Å². The van der Waals surface area contributed by atoms with E-state index in [0.29, 0.717) is 34.1 Å². The number of ether oxygens (including phenoxy) is 2. The van der Waals surface area contributed by atoms with Gasteiger partial charge in [-0.05, 0) is 31.8 Å². The van der Waals surface area contributed by atoms with Crippen LogP contribution in [0, 0.1) is 12.3 Å². The van der Waals surface area contributed by atoms with E-state index in [-0.39, 0.29) is 0 Å². The predicted octanol–water partition coefficient (Wildman–Crippen LogP) is 3.82. The zero-order valence-corrected chi connectivity index (χ0v) is 14.3. The minimum absolute atomic E-state index is 0.292. The molecule has 6 unspecified atom stereocenters. The Morgan fingerprint density at radius 3 is 2.79 bits per heavy atom. The molecule has 106 valence electrons. The summed E-state index contributed by atoms with van der Waals surface area (Å²) in [7, 11) is 0. The molecule has 0 aromatic rings. The van der Waals surface area contributed by atoms with Gasteiger partial charge in [-0.15, -0.1) is 6.42 Å². The lowest BCUT2D eigenvalue weighted by Crippen LogP contribution is -2.23. The van der Waals surface area contributed by atoms with Crippen molar-refractivity contribution < 1.29 is 9.47 Å². The van der Waals surface area contributed by atoms with Crippen molar-refractivity contribution in [2.75, 3.05) is 0 Å². The Morgan fingerprint density at radius 2 is 2.16 bits per heavy atom. The first-order chi connectivity index (χ1) is 9.15. The molecule has 4 heteroatoms. The van der Waals surface area contributed by atoms with E-state index in [4.69, 9.17) is 15.9 Å². The average Bonchev–Trinajstić information content (AvgIpc) is 3.00. The summed E-state index contributed by atoms with van der Waals surface area (Å²) >= 11 is 7.47. The Balaban J connectivity index is 1.70. The molecule has 0 aliphatic carbocycles. The van der Waals surface area contributed by atoms with Gasteiger partial charge in [0.2, 0.25) is 0 Å². The molecule has 6 atom stereocenters. The lowest BCUT2D eigenvalue weighted by atomic mass is 10.1. The number of alkyl halides is 2. The first-order valence-corrected chi connectivity index (χ1v) is 8.69. The second-order valence-corrected chi connectivity index (χ2v) is 7.49. The van der Waals surface area contributed by atoms with Gasteiger partial charge in [-0.3, -0.25) is 0 Å². The molecule has 2 fully saturated rings. The highest BCUT2D eigenvalue weighted by atomic mass is 79.9. The van der Waals surface area contributed by atoms with Crippen LogP contribution in [0.3, 0.4) is 0 Å². The zero-order valence-electron chi connectivity index (χ0n) is 11.1. The van der Waals surface area contributed by atoms with Crippen LogP contribution in [0.15, 0.2) is 12.2 Å². The number of hydrogen-bond donors (Lipinski definition) is 0. The van der Waals surface area contributed by atoms with Crippen LogP contribution in [-0.4, -0.2) is 34.1 Å². The predicted molar refractivity (Wildman–Crippen MR) is 84.9 cm³/mol. The Kier molecular flexibility index (Phi) is 5.95. The fourth-order valence-corrected chi connectivity index (χ4v) is 4.14. The van der Waals surface area contributed by atoms with E-state index in [1.807, 2.05) is 6.08 Å². The molecule has 2 saturated heterocycles. The molecule has 0 aromatic carbocycles. The summed E-state index contributed by atoms with van der Waals surface area (Å²) in [6.45, 7) is 2.17. The standard InChI is InChI=1S/C15H20Br2O2/c1-3-5-6-7-13-15(19-13)9-11(17)14-8-10(16)12(4-2)18-14/h1,5-6,10-15H,4,7-9H2,2H3. The van der Waals surface area contributed by atoms with Crippen molar-refractivity contribution in [3.63, 3.8) is 0 Å². The van der Waals surface area contributed by atoms with Gasteiger partial charge in [0.25, 0.3) is 0 Å². The minimum atomic E-state index is 0.292. The molecular weight excluding hydrogens is 372 g/mol. The number of terminal acetylenes is 1. The van der Waals surface area contributed by atoms with Crippen LogP contribution in [0.5, 0.6) is 0 Å². The van der Waals surface area contributed by atoms with Crippen LogP contribution < -0.4 is 0 Å². The topological polar surface area (TPSA) is 21.8 Å². The molecule has 0 N–H and O–H groups in total. The summed E-state index contributed by atoms with van der Waals surface area (Å²) in [5, 5.41) is 0. The van der Waals surface area contributed by atoms with Crippen molar-refractivity contribution in [3.05, 3.63) is 12.2 Å². The van der Waals surface area contributed by atoms with Gasteiger partial charge in [-0.2, -0.15) is 0 Å². The van der Waals surface area contributed by atoms with E-state index >= 15 is 0 Å². The third-order valence-corrected chi connectivity index (χ3v) is 5.67. The largest absolute Gasteiger partial charge is 0.373 e. The first kappa shape index (κ1) is 15.6. The summed E-state index contributed by atoms with van der Waals surface area (Å²) in [6.07, 6.45) is 14.3. The third-order valence-electron chi connectivity index (χ3n) is 3.74. The molecule has 0 amide bonds. The number of allylic oxidation sites excluding steroid dienone is 1. The van der Waals surface area contributed by atoms with Gasteiger partial charge in [0, 0.05) is 9.65 Å². The smallest absolute Gasteiger partial charge is 0.0876 e. The van der Waals surface area contributed by atoms with Gasteiger partial charge < -0.3 is 9.47 Å². The molecule has 0 radical (unpaired) electrons. The highest BCUT2D eigenvalue weighted by molar-refractivity contribution is 9.09. The zero-order chi connectivity index (χ0) is 13.8. The summed E-state index contributed by atoms with van der Waals surface area (Å²) in [5.74, 6) is 2.50. The fourth-order valence-electron chi connectivity index (χ4n) is 2.56. The Labute approximate surface area is 132 Å². The number of epoxide rings is 1. The van der Waals surface area contributed by atoms with Crippen molar-refractivity contribution in [2.24, 2.45) is 0 Å². The fraction of sp³-hybridized carbons (Fsp3) is 0.733. The minimum Gasteiger partial charge on any atom is -0.373 e. The van der Waals surface area contributed by atoms with E-state index in [2.05, 4.69) is 44.7 Å². The molecule has 0 spiro atoms. The first-order valence-electron chi connectivity index (χ1n) is 6.85. The Morgan fingerprint density at radius 1 is 1.37 bits per heavy atom. The van der Waals surface area contributed by atoms with Gasteiger partial charge in [0.15, 0.2) is 0 Å². The molecular formula is C15H20Br2O2. The summed E-state index contributed by atoms with van der Waals surface area (Å²) in [4.78, 5) is 0.854. The maximum Gasteiger partial charge on any atom is 0.0876 e. The number of hydrogen-bond acceptors (Lipinski definition) is 2. The Hall–Kier alpha value is 0.180. The summed E-state index contributed by atoms with van der Waals surface area (Å²) < 4.78 is 11.7. The third kappa shape index (κ3) is 4.32. The highest BCUT2D eigenvalue weighted by Crippen LogP contribution is 2.38. The average molecular weight is 392 g/mol. The van der Waals surface area contributed by atoms with Crippen LogP contribution in [-0.2, 0) is 9.47 Å².